The number of nitrogens with one attached hydrogen (secondary N) is 1. The van der Waals surface area contributed by atoms with Crippen LogP contribution in [0.1, 0.15) is 30.7 Å². The first-order valence-corrected chi connectivity index (χ1v) is 10.6. The summed E-state index contributed by atoms with van der Waals surface area (Å²) in [6, 6.07) is 15.6. The summed E-state index contributed by atoms with van der Waals surface area (Å²) in [5.41, 5.74) is 4.64. The lowest BCUT2D eigenvalue weighted by Gasteiger charge is -2.19. The molecule has 0 saturated heterocycles. The van der Waals surface area contributed by atoms with Gasteiger partial charge in [0.25, 0.3) is 0 Å². The van der Waals surface area contributed by atoms with E-state index in [0.29, 0.717) is 18.0 Å². The maximum absolute atomic E-state index is 12.8. The quantitative estimate of drug-likeness (QED) is 0.558. The topological polar surface area (TPSA) is 54.5 Å². The third-order valence-electron chi connectivity index (χ3n) is 5.54. The molecular formula is C25H31N3O2. The van der Waals surface area contributed by atoms with Gasteiger partial charge < -0.3 is 15.0 Å². The third kappa shape index (κ3) is 5.16. The first kappa shape index (κ1) is 21.8. The predicted octanol–water partition coefficient (Wildman–Crippen LogP) is 4.75. The molecule has 3 aromatic rings. The van der Waals surface area contributed by atoms with Gasteiger partial charge >= 0.3 is 0 Å². The molecule has 1 aromatic heterocycles. The highest BCUT2D eigenvalue weighted by molar-refractivity contribution is 5.95. The Labute approximate surface area is 179 Å². The van der Waals surface area contributed by atoms with Crippen LogP contribution in [0.3, 0.4) is 0 Å². The highest BCUT2D eigenvalue weighted by Gasteiger charge is 2.14. The van der Waals surface area contributed by atoms with Crippen LogP contribution >= 0.6 is 0 Å². The van der Waals surface area contributed by atoms with E-state index in [1.807, 2.05) is 49.4 Å². The van der Waals surface area contributed by atoms with Crippen molar-refractivity contribution in [3.8, 4) is 5.75 Å². The van der Waals surface area contributed by atoms with Gasteiger partial charge in [-0.25, -0.2) is 0 Å². The summed E-state index contributed by atoms with van der Waals surface area (Å²) in [7, 11) is 0. The molecule has 0 bridgehead atoms. The van der Waals surface area contributed by atoms with Gasteiger partial charge in [-0.05, 0) is 56.3 Å². The molecule has 5 heteroatoms. The molecule has 0 spiro atoms. The van der Waals surface area contributed by atoms with E-state index in [1.54, 1.807) is 0 Å². The Morgan fingerprint density at radius 2 is 1.73 bits per heavy atom. The molecule has 0 aliphatic heterocycles. The molecule has 0 saturated carbocycles. The second-order valence-corrected chi connectivity index (χ2v) is 7.41. The largest absolute Gasteiger partial charge is 0.490 e. The Bertz CT molecular complexity index is 1010. The number of benzene rings is 2. The van der Waals surface area contributed by atoms with Gasteiger partial charge in [-0.1, -0.05) is 44.2 Å². The average molecular weight is 406 g/mol. The number of anilines is 1. The molecule has 0 aliphatic rings. The first-order valence-electron chi connectivity index (χ1n) is 10.6. The van der Waals surface area contributed by atoms with Crippen LogP contribution in [-0.4, -0.2) is 42.0 Å². The van der Waals surface area contributed by atoms with Crippen molar-refractivity contribution >= 4 is 22.5 Å². The highest BCUT2D eigenvalue weighted by Crippen LogP contribution is 2.26. The van der Waals surface area contributed by atoms with Crippen LogP contribution in [0, 0.1) is 13.8 Å². The smallest absolute Gasteiger partial charge is 0.228 e. The number of ether oxygens (including phenoxy) is 1. The van der Waals surface area contributed by atoms with E-state index < -0.39 is 0 Å². The summed E-state index contributed by atoms with van der Waals surface area (Å²) in [6.45, 7) is 11.7. The number of rotatable bonds is 9. The van der Waals surface area contributed by atoms with Gasteiger partial charge in [0.15, 0.2) is 0 Å². The second-order valence-electron chi connectivity index (χ2n) is 7.41. The number of para-hydroxylation sites is 3. The van der Waals surface area contributed by atoms with E-state index >= 15 is 0 Å². The van der Waals surface area contributed by atoms with Crippen LogP contribution in [0.15, 0.2) is 48.5 Å². The zero-order valence-corrected chi connectivity index (χ0v) is 18.4. The van der Waals surface area contributed by atoms with Crippen molar-refractivity contribution in [2.45, 2.75) is 34.1 Å². The molecule has 2 aromatic carbocycles. The number of fused-ring (bicyclic) bond motifs is 1. The number of aromatic nitrogens is 1. The summed E-state index contributed by atoms with van der Waals surface area (Å²) < 4.78 is 5.96. The number of pyridine rings is 1. The fourth-order valence-electron chi connectivity index (χ4n) is 3.71. The minimum atomic E-state index is -0.0712. The Morgan fingerprint density at radius 3 is 2.50 bits per heavy atom. The number of carbonyl (C=O) groups is 1. The van der Waals surface area contributed by atoms with Crippen molar-refractivity contribution < 1.29 is 9.53 Å². The zero-order valence-electron chi connectivity index (χ0n) is 18.4. The number of nitrogens with zero attached hydrogens (tertiary/aromatic N) is 2. The van der Waals surface area contributed by atoms with E-state index in [9.17, 15) is 4.79 Å². The van der Waals surface area contributed by atoms with Crippen molar-refractivity contribution in [3.05, 3.63) is 65.4 Å². The monoisotopic (exact) mass is 405 g/mol. The van der Waals surface area contributed by atoms with Gasteiger partial charge in [-0.3, -0.25) is 9.78 Å². The number of amides is 1. The molecule has 158 valence electrons. The standard InChI is InChI=1S/C25H31N3O2/c1-5-28(6-2)15-16-30-24-14-10-9-13-23(24)27-25(29)17-21-18(3)20-11-7-8-12-22(20)26-19(21)4/h7-14H,5-6,15-17H2,1-4H3,(H,27,29). The van der Waals surface area contributed by atoms with E-state index in [0.717, 1.165) is 47.4 Å². The van der Waals surface area contributed by atoms with Crippen molar-refractivity contribution in [1.82, 2.24) is 9.88 Å². The Balaban J connectivity index is 1.71. The Kier molecular flexibility index (Phi) is 7.41. The lowest BCUT2D eigenvalue weighted by molar-refractivity contribution is -0.115. The fourth-order valence-corrected chi connectivity index (χ4v) is 3.71. The second kappa shape index (κ2) is 10.2. The van der Waals surface area contributed by atoms with Crippen molar-refractivity contribution in [1.29, 1.82) is 0 Å². The van der Waals surface area contributed by atoms with E-state index in [1.165, 1.54) is 0 Å². The third-order valence-corrected chi connectivity index (χ3v) is 5.54. The van der Waals surface area contributed by atoms with Gasteiger partial charge in [0.1, 0.15) is 12.4 Å². The summed E-state index contributed by atoms with van der Waals surface area (Å²) in [5, 5.41) is 4.11. The molecule has 5 nitrogen and oxygen atoms in total. The van der Waals surface area contributed by atoms with Crippen LogP contribution in [0.2, 0.25) is 0 Å². The van der Waals surface area contributed by atoms with Crippen LogP contribution < -0.4 is 10.1 Å². The molecule has 1 amide bonds. The summed E-state index contributed by atoms with van der Waals surface area (Å²) >= 11 is 0. The maximum atomic E-state index is 12.8. The zero-order chi connectivity index (χ0) is 21.5. The summed E-state index contributed by atoms with van der Waals surface area (Å²) in [5.74, 6) is 0.626. The van der Waals surface area contributed by atoms with Gasteiger partial charge in [0, 0.05) is 17.6 Å². The molecule has 0 radical (unpaired) electrons. The summed E-state index contributed by atoms with van der Waals surface area (Å²) in [4.78, 5) is 19.8. The van der Waals surface area contributed by atoms with Crippen molar-refractivity contribution in [2.75, 3.05) is 31.6 Å². The number of aryl methyl sites for hydroxylation is 2. The highest BCUT2D eigenvalue weighted by atomic mass is 16.5. The molecule has 0 unspecified atom stereocenters. The van der Waals surface area contributed by atoms with E-state index in [2.05, 4.69) is 42.0 Å². The normalized spacial score (nSPS) is 11.1. The van der Waals surface area contributed by atoms with Gasteiger partial charge in [-0.2, -0.15) is 0 Å². The molecule has 0 atom stereocenters. The van der Waals surface area contributed by atoms with E-state index in [-0.39, 0.29) is 12.3 Å². The number of hydrogen-bond acceptors (Lipinski definition) is 4. The Hall–Kier alpha value is -2.92. The predicted molar refractivity (Wildman–Crippen MR) is 123 cm³/mol. The summed E-state index contributed by atoms with van der Waals surface area (Å²) in [6.07, 6.45) is 0.281. The first-order chi connectivity index (χ1) is 14.5. The van der Waals surface area contributed by atoms with Crippen LogP contribution in [-0.2, 0) is 11.2 Å². The maximum Gasteiger partial charge on any atom is 0.228 e. The lowest BCUT2D eigenvalue weighted by Crippen LogP contribution is -2.28. The van der Waals surface area contributed by atoms with Gasteiger partial charge in [-0.15, -0.1) is 0 Å². The van der Waals surface area contributed by atoms with E-state index in [4.69, 9.17) is 4.74 Å². The molecular weight excluding hydrogens is 374 g/mol. The minimum Gasteiger partial charge on any atom is -0.490 e. The average Bonchev–Trinajstić information content (AvgIpc) is 2.75. The minimum absolute atomic E-state index is 0.0712. The molecule has 0 aliphatic carbocycles. The van der Waals surface area contributed by atoms with Gasteiger partial charge in [0.05, 0.1) is 17.6 Å². The molecule has 1 N–H and O–H groups in total. The molecule has 1 heterocycles. The Morgan fingerprint density at radius 1 is 1.03 bits per heavy atom. The van der Waals surface area contributed by atoms with Crippen molar-refractivity contribution in [3.63, 3.8) is 0 Å². The van der Waals surface area contributed by atoms with Crippen LogP contribution in [0.4, 0.5) is 5.69 Å². The molecule has 30 heavy (non-hydrogen) atoms. The fraction of sp³-hybridized carbons (Fsp3) is 0.360. The van der Waals surface area contributed by atoms with Crippen LogP contribution in [0.25, 0.3) is 10.9 Å². The number of carbonyl (C=O) groups excluding carboxylic acids is 1. The number of likely N-dealkylation sites (N-methyl/N-ethyl adjacent to an activating group) is 1. The SMILES string of the molecule is CCN(CC)CCOc1ccccc1NC(=O)Cc1c(C)nc2ccccc2c1C. The number of hydrogen-bond donors (Lipinski definition) is 1. The van der Waals surface area contributed by atoms with Gasteiger partial charge in [0.2, 0.25) is 5.91 Å². The molecule has 0 fully saturated rings. The van der Waals surface area contributed by atoms with Crippen LogP contribution in [0.5, 0.6) is 5.75 Å². The van der Waals surface area contributed by atoms with Crippen molar-refractivity contribution in [2.24, 2.45) is 0 Å². The molecule has 3 rings (SSSR count). The lowest BCUT2D eigenvalue weighted by atomic mass is 9.99.